The number of nitriles is 1. The predicted molar refractivity (Wildman–Crippen MR) is 42.5 cm³/mol. The Morgan fingerprint density at radius 2 is 2.21 bits per heavy atom. The quantitative estimate of drug-likeness (QED) is 0.773. The molecule has 76 valence electrons. The Labute approximate surface area is 82.7 Å². The van der Waals surface area contributed by atoms with E-state index in [0.717, 1.165) is 10.7 Å². The minimum Gasteiger partial charge on any atom is -0.252 e. The van der Waals surface area contributed by atoms with E-state index in [1.807, 2.05) is 0 Å². The fourth-order valence-corrected chi connectivity index (χ4v) is 1.07. The van der Waals surface area contributed by atoms with Crippen molar-refractivity contribution in [2.45, 2.75) is 19.1 Å². The molecule has 1 heterocycles. The Kier molecular flexibility index (Phi) is 3.01. The fourth-order valence-electron chi connectivity index (χ4n) is 0.845. The number of halogens is 4. The van der Waals surface area contributed by atoms with E-state index in [1.54, 1.807) is 6.07 Å². The maximum absolute atomic E-state index is 12.1. The van der Waals surface area contributed by atoms with Crippen LogP contribution in [0.25, 0.3) is 0 Å². The molecule has 0 radical (unpaired) electrons. The van der Waals surface area contributed by atoms with Crippen LogP contribution in [0.3, 0.4) is 0 Å². The van der Waals surface area contributed by atoms with Gasteiger partial charge in [-0.1, -0.05) is 11.6 Å². The van der Waals surface area contributed by atoms with E-state index in [4.69, 9.17) is 16.9 Å². The summed E-state index contributed by atoms with van der Waals surface area (Å²) in [6.07, 6.45) is -4.43. The average Bonchev–Trinajstić information content (AvgIpc) is 2.43. The normalized spacial score (nSPS) is 11.4. The molecule has 0 atom stereocenters. The van der Waals surface area contributed by atoms with Gasteiger partial charge in [-0.3, -0.25) is 4.68 Å². The highest BCUT2D eigenvalue weighted by Crippen LogP contribution is 2.29. The van der Waals surface area contributed by atoms with Crippen LogP contribution in [0.4, 0.5) is 13.2 Å². The van der Waals surface area contributed by atoms with E-state index < -0.39 is 11.9 Å². The van der Waals surface area contributed by atoms with E-state index in [-0.39, 0.29) is 18.1 Å². The van der Waals surface area contributed by atoms with Crippen molar-refractivity contribution in [3.05, 3.63) is 16.9 Å². The second-order valence-electron chi connectivity index (χ2n) is 2.48. The molecule has 0 aliphatic heterocycles. The van der Waals surface area contributed by atoms with Crippen molar-refractivity contribution in [3.8, 4) is 6.07 Å². The summed E-state index contributed by atoms with van der Waals surface area (Å²) in [5, 5.41) is 11.3. The van der Waals surface area contributed by atoms with Gasteiger partial charge in [-0.05, 0) is 0 Å². The topological polar surface area (TPSA) is 41.6 Å². The number of rotatable bonds is 2. The first-order valence-electron chi connectivity index (χ1n) is 3.62. The molecule has 0 spiro atoms. The van der Waals surface area contributed by atoms with Crippen LogP contribution in [0.2, 0.25) is 5.15 Å². The zero-order chi connectivity index (χ0) is 10.8. The van der Waals surface area contributed by atoms with Crippen LogP contribution in [0.1, 0.15) is 12.1 Å². The largest absolute Gasteiger partial charge is 0.435 e. The van der Waals surface area contributed by atoms with E-state index in [1.165, 1.54) is 0 Å². The van der Waals surface area contributed by atoms with Gasteiger partial charge in [-0.15, -0.1) is 0 Å². The Morgan fingerprint density at radius 1 is 1.57 bits per heavy atom. The second kappa shape index (κ2) is 3.88. The SMILES string of the molecule is N#CCCn1nc(C(F)(F)F)cc1Cl. The van der Waals surface area contributed by atoms with Crippen LogP contribution in [0.15, 0.2) is 6.07 Å². The number of aryl methyl sites for hydroxylation is 1. The van der Waals surface area contributed by atoms with Crippen molar-refractivity contribution >= 4 is 11.6 Å². The van der Waals surface area contributed by atoms with E-state index in [9.17, 15) is 13.2 Å². The Hall–Kier alpha value is -1.22. The maximum Gasteiger partial charge on any atom is 0.435 e. The third-order valence-electron chi connectivity index (χ3n) is 1.46. The highest BCUT2D eigenvalue weighted by molar-refractivity contribution is 6.29. The molecule has 1 rings (SSSR count). The summed E-state index contributed by atoms with van der Waals surface area (Å²) in [6.45, 7) is 0.0609. The first kappa shape index (κ1) is 10.9. The fraction of sp³-hybridized carbons (Fsp3) is 0.429. The molecule has 0 unspecified atom stereocenters. The third-order valence-corrected chi connectivity index (χ3v) is 1.76. The molecule has 0 bridgehead atoms. The summed E-state index contributed by atoms with van der Waals surface area (Å²) in [7, 11) is 0. The van der Waals surface area contributed by atoms with Crippen molar-refractivity contribution < 1.29 is 13.2 Å². The molecule has 0 saturated carbocycles. The first-order valence-corrected chi connectivity index (χ1v) is 4.00. The maximum atomic E-state index is 12.1. The number of hydrogen-bond donors (Lipinski definition) is 0. The van der Waals surface area contributed by atoms with E-state index in [2.05, 4.69) is 5.10 Å². The molecule has 0 aliphatic carbocycles. The van der Waals surface area contributed by atoms with Crippen LogP contribution in [0.5, 0.6) is 0 Å². The number of hydrogen-bond acceptors (Lipinski definition) is 2. The highest BCUT2D eigenvalue weighted by atomic mass is 35.5. The van der Waals surface area contributed by atoms with Gasteiger partial charge in [0.1, 0.15) is 5.15 Å². The van der Waals surface area contributed by atoms with Crippen molar-refractivity contribution in [2.75, 3.05) is 0 Å². The van der Waals surface area contributed by atoms with Crippen LogP contribution in [0, 0.1) is 11.3 Å². The molecule has 7 heteroatoms. The van der Waals surface area contributed by atoms with Gasteiger partial charge in [0.25, 0.3) is 0 Å². The van der Waals surface area contributed by atoms with Gasteiger partial charge in [0, 0.05) is 6.07 Å². The lowest BCUT2D eigenvalue weighted by Crippen LogP contribution is -2.08. The lowest BCUT2D eigenvalue weighted by molar-refractivity contribution is -0.141. The molecule has 0 aliphatic rings. The number of alkyl halides is 3. The first-order chi connectivity index (χ1) is 6.45. The smallest absolute Gasteiger partial charge is 0.252 e. The lowest BCUT2D eigenvalue weighted by atomic mass is 10.4. The van der Waals surface area contributed by atoms with Gasteiger partial charge in [0.2, 0.25) is 0 Å². The molecule has 0 N–H and O–H groups in total. The van der Waals surface area contributed by atoms with Crippen LogP contribution in [-0.2, 0) is 12.7 Å². The molecular weight excluding hydrogens is 219 g/mol. The van der Waals surface area contributed by atoms with Crippen molar-refractivity contribution in [2.24, 2.45) is 0 Å². The van der Waals surface area contributed by atoms with Crippen molar-refractivity contribution in [1.29, 1.82) is 5.26 Å². The van der Waals surface area contributed by atoms with Crippen LogP contribution >= 0.6 is 11.6 Å². The van der Waals surface area contributed by atoms with Gasteiger partial charge in [0.15, 0.2) is 5.69 Å². The second-order valence-corrected chi connectivity index (χ2v) is 2.87. The number of nitrogens with zero attached hydrogens (tertiary/aromatic N) is 3. The molecule has 0 aromatic carbocycles. The van der Waals surface area contributed by atoms with Gasteiger partial charge in [0.05, 0.1) is 19.0 Å². The summed E-state index contributed by atoms with van der Waals surface area (Å²) in [5.41, 5.74) is -1.04. The molecule has 1 aromatic rings. The Morgan fingerprint density at radius 3 is 2.64 bits per heavy atom. The van der Waals surface area contributed by atoms with Crippen molar-refractivity contribution in [1.82, 2.24) is 9.78 Å². The minimum absolute atomic E-state index is 0.0609. The Bertz CT molecular complexity index is 363. The lowest BCUT2D eigenvalue weighted by Gasteiger charge is -2.00. The van der Waals surface area contributed by atoms with E-state index >= 15 is 0 Å². The molecular formula is C7H5ClF3N3. The van der Waals surface area contributed by atoms with E-state index in [0.29, 0.717) is 0 Å². The zero-order valence-corrected chi connectivity index (χ0v) is 7.60. The summed E-state index contributed by atoms with van der Waals surface area (Å²) in [6, 6.07) is 2.53. The van der Waals surface area contributed by atoms with Gasteiger partial charge < -0.3 is 0 Å². The van der Waals surface area contributed by atoms with Gasteiger partial charge >= 0.3 is 6.18 Å². The molecule has 14 heavy (non-hydrogen) atoms. The molecule has 0 amide bonds. The molecule has 3 nitrogen and oxygen atoms in total. The van der Waals surface area contributed by atoms with Gasteiger partial charge in [-0.2, -0.15) is 23.5 Å². The summed E-state index contributed by atoms with van der Waals surface area (Å²) in [4.78, 5) is 0. The van der Waals surface area contributed by atoms with Crippen LogP contribution in [-0.4, -0.2) is 9.78 Å². The zero-order valence-electron chi connectivity index (χ0n) is 6.85. The molecule has 0 fully saturated rings. The molecule has 1 aromatic heterocycles. The third kappa shape index (κ3) is 2.39. The van der Waals surface area contributed by atoms with Crippen molar-refractivity contribution in [3.63, 3.8) is 0 Å². The molecule has 0 saturated heterocycles. The predicted octanol–water partition coefficient (Wildman–Crippen LogP) is 2.47. The number of aromatic nitrogens is 2. The standard InChI is InChI=1S/C7H5ClF3N3/c8-6-4-5(7(9,10)11)13-14(6)3-1-2-12/h4H,1,3H2. The highest BCUT2D eigenvalue weighted by Gasteiger charge is 2.34. The summed E-state index contributed by atoms with van der Waals surface area (Å²) in [5.74, 6) is 0. The van der Waals surface area contributed by atoms with Crippen LogP contribution < -0.4 is 0 Å². The summed E-state index contributed by atoms with van der Waals surface area (Å²) >= 11 is 5.48. The average molecular weight is 224 g/mol. The van der Waals surface area contributed by atoms with Gasteiger partial charge in [-0.25, -0.2) is 0 Å². The summed E-state index contributed by atoms with van der Waals surface area (Å²) < 4.78 is 37.3. The minimum atomic E-state index is -4.50. The Balaban J connectivity index is 2.89. The monoisotopic (exact) mass is 223 g/mol.